The predicted octanol–water partition coefficient (Wildman–Crippen LogP) is 1.56. The summed E-state index contributed by atoms with van der Waals surface area (Å²) >= 11 is 0. The summed E-state index contributed by atoms with van der Waals surface area (Å²) in [6, 6.07) is 0. The molecule has 2 heteroatoms. The molecule has 1 fully saturated rings. The van der Waals surface area contributed by atoms with Gasteiger partial charge in [-0.3, -0.25) is 0 Å². The molecule has 0 heterocycles. The van der Waals surface area contributed by atoms with E-state index in [-0.39, 0.29) is 0 Å². The Hall–Kier alpha value is -0.970. The van der Waals surface area contributed by atoms with Gasteiger partial charge in [0, 0.05) is 19.6 Å². The third kappa shape index (κ3) is 1.13. The zero-order valence-electron chi connectivity index (χ0n) is 5.97. The van der Waals surface area contributed by atoms with Crippen LogP contribution in [0.1, 0.15) is 25.7 Å². The quantitative estimate of drug-likeness (QED) is 0.321. The van der Waals surface area contributed by atoms with E-state index in [1.165, 1.54) is 0 Å². The van der Waals surface area contributed by atoms with E-state index in [0.29, 0.717) is 0 Å². The summed E-state index contributed by atoms with van der Waals surface area (Å²) in [7, 11) is 0. The van der Waals surface area contributed by atoms with E-state index in [4.69, 9.17) is 11.3 Å². The fourth-order valence-corrected chi connectivity index (χ4v) is 1.33. The molecule has 0 atom stereocenters. The summed E-state index contributed by atoms with van der Waals surface area (Å²) in [6.45, 7) is 3.25. The molecular formula is C8H11NO. The molecule has 0 aromatic rings. The number of hydrogen-bond donors (Lipinski definition) is 0. The van der Waals surface area contributed by atoms with Gasteiger partial charge in [-0.1, -0.05) is 5.92 Å². The highest BCUT2D eigenvalue weighted by molar-refractivity contribution is 5.22. The summed E-state index contributed by atoms with van der Waals surface area (Å²) in [5.41, 5.74) is -0.415. The van der Waals surface area contributed by atoms with Gasteiger partial charge >= 0.3 is 0 Å². The first-order valence-corrected chi connectivity index (χ1v) is 3.45. The van der Waals surface area contributed by atoms with Gasteiger partial charge in [0.05, 0.1) is 0 Å². The van der Waals surface area contributed by atoms with E-state index >= 15 is 0 Å². The van der Waals surface area contributed by atoms with Crippen LogP contribution in [0.5, 0.6) is 0 Å². The minimum atomic E-state index is -0.415. The van der Waals surface area contributed by atoms with Crippen LogP contribution < -0.4 is 0 Å². The lowest BCUT2D eigenvalue weighted by molar-refractivity contribution is 0.0103. The molecule has 0 unspecified atom stereocenters. The first kappa shape index (κ1) is 7.14. The Labute approximate surface area is 61.3 Å². The molecule has 54 valence electrons. The van der Waals surface area contributed by atoms with Crippen molar-refractivity contribution in [3.63, 3.8) is 0 Å². The molecule has 0 radical (unpaired) electrons. The van der Waals surface area contributed by atoms with Crippen molar-refractivity contribution in [3.8, 4) is 12.3 Å². The molecule has 0 spiro atoms. The van der Waals surface area contributed by atoms with Gasteiger partial charge in [0.15, 0.2) is 5.60 Å². The van der Waals surface area contributed by atoms with Crippen molar-refractivity contribution in [3.05, 3.63) is 0 Å². The number of nitrogens with zero attached hydrogens (tertiary/aromatic N) is 1. The van der Waals surface area contributed by atoms with Gasteiger partial charge in [-0.2, -0.15) is 0 Å². The Morgan fingerprint density at radius 3 is 2.50 bits per heavy atom. The predicted molar refractivity (Wildman–Crippen MR) is 40.7 cm³/mol. The van der Waals surface area contributed by atoms with Crippen molar-refractivity contribution < 1.29 is 4.84 Å². The Kier molecular flexibility index (Phi) is 1.96. The smallest absolute Gasteiger partial charge is 0.197 e. The first-order chi connectivity index (χ1) is 4.83. The van der Waals surface area contributed by atoms with Crippen molar-refractivity contribution >= 4 is 6.72 Å². The SMILES string of the molecule is C#CC1(ON=C)CCCC1. The highest BCUT2D eigenvalue weighted by Gasteiger charge is 2.33. The molecule has 0 aromatic heterocycles. The van der Waals surface area contributed by atoms with Crippen LogP contribution in [0.3, 0.4) is 0 Å². The topological polar surface area (TPSA) is 21.6 Å². The van der Waals surface area contributed by atoms with Crippen LogP contribution >= 0.6 is 0 Å². The van der Waals surface area contributed by atoms with Gasteiger partial charge in [0.2, 0.25) is 0 Å². The number of terminal acetylenes is 1. The molecule has 0 aliphatic heterocycles. The highest BCUT2D eigenvalue weighted by atomic mass is 16.6. The lowest BCUT2D eigenvalue weighted by Gasteiger charge is -2.18. The molecule has 0 aromatic carbocycles. The number of oxime groups is 1. The molecular weight excluding hydrogens is 126 g/mol. The number of hydrogen-bond acceptors (Lipinski definition) is 2. The minimum absolute atomic E-state index is 0.415. The van der Waals surface area contributed by atoms with Crippen molar-refractivity contribution in [1.29, 1.82) is 0 Å². The Morgan fingerprint density at radius 2 is 2.10 bits per heavy atom. The monoisotopic (exact) mass is 137 g/mol. The van der Waals surface area contributed by atoms with Crippen LogP contribution in [0, 0.1) is 12.3 Å². The minimum Gasteiger partial charge on any atom is -0.377 e. The number of rotatable bonds is 2. The van der Waals surface area contributed by atoms with E-state index in [1.54, 1.807) is 0 Å². The van der Waals surface area contributed by atoms with Crippen LogP contribution in [0.25, 0.3) is 0 Å². The second-order valence-corrected chi connectivity index (χ2v) is 2.57. The van der Waals surface area contributed by atoms with Crippen LogP contribution in [-0.4, -0.2) is 12.3 Å². The average molecular weight is 137 g/mol. The lowest BCUT2D eigenvalue weighted by atomic mass is 10.0. The summed E-state index contributed by atoms with van der Waals surface area (Å²) in [4.78, 5) is 5.02. The standard InChI is InChI=1S/C8H11NO/c1-3-8(10-9-2)6-4-5-7-8/h1H,2,4-7H2. The van der Waals surface area contributed by atoms with Gasteiger partial charge < -0.3 is 4.84 Å². The third-order valence-electron chi connectivity index (χ3n) is 1.91. The van der Waals surface area contributed by atoms with E-state index in [2.05, 4.69) is 17.8 Å². The molecule has 10 heavy (non-hydrogen) atoms. The summed E-state index contributed by atoms with van der Waals surface area (Å²) in [6.07, 6.45) is 9.41. The van der Waals surface area contributed by atoms with Crippen LogP contribution in [0.2, 0.25) is 0 Å². The van der Waals surface area contributed by atoms with Gasteiger partial charge in [-0.05, 0) is 12.8 Å². The maximum Gasteiger partial charge on any atom is 0.197 e. The summed E-state index contributed by atoms with van der Waals surface area (Å²) in [5, 5.41) is 3.37. The van der Waals surface area contributed by atoms with Gasteiger partial charge in [0.1, 0.15) is 0 Å². The van der Waals surface area contributed by atoms with Crippen molar-refractivity contribution in [1.82, 2.24) is 0 Å². The highest BCUT2D eigenvalue weighted by Crippen LogP contribution is 2.32. The van der Waals surface area contributed by atoms with Gasteiger partial charge in [0.25, 0.3) is 0 Å². The molecule has 2 nitrogen and oxygen atoms in total. The normalized spacial score (nSPS) is 21.5. The van der Waals surface area contributed by atoms with Crippen LogP contribution in [-0.2, 0) is 4.84 Å². The van der Waals surface area contributed by atoms with Gasteiger partial charge in [-0.15, -0.1) is 11.6 Å². The molecule has 1 aliphatic carbocycles. The molecule has 1 saturated carbocycles. The first-order valence-electron chi connectivity index (χ1n) is 3.45. The fourth-order valence-electron chi connectivity index (χ4n) is 1.33. The summed E-state index contributed by atoms with van der Waals surface area (Å²) in [5.74, 6) is 2.62. The maximum absolute atomic E-state index is 5.29. The molecule has 0 amide bonds. The molecule has 0 bridgehead atoms. The molecule has 1 rings (SSSR count). The average Bonchev–Trinajstić information content (AvgIpc) is 2.39. The second kappa shape index (κ2) is 2.74. The van der Waals surface area contributed by atoms with Crippen molar-refractivity contribution in [2.45, 2.75) is 31.3 Å². The third-order valence-corrected chi connectivity index (χ3v) is 1.91. The van der Waals surface area contributed by atoms with E-state index in [9.17, 15) is 0 Å². The van der Waals surface area contributed by atoms with Crippen LogP contribution in [0.15, 0.2) is 5.16 Å². The molecule has 0 N–H and O–H groups in total. The Bertz CT molecular complexity index is 163. The largest absolute Gasteiger partial charge is 0.377 e. The zero-order chi connectivity index (χ0) is 7.45. The Morgan fingerprint density at radius 1 is 1.50 bits per heavy atom. The Balaban J connectivity index is 2.59. The van der Waals surface area contributed by atoms with E-state index < -0.39 is 5.60 Å². The zero-order valence-corrected chi connectivity index (χ0v) is 5.97. The van der Waals surface area contributed by atoms with Crippen LogP contribution in [0.4, 0.5) is 0 Å². The second-order valence-electron chi connectivity index (χ2n) is 2.57. The van der Waals surface area contributed by atoms with Crippen molar-refractivity contribution in [2.75, 3.05) is 0 Å². The van der Waals surface area contributed by atoms with Gasteiger partial charge in [-0.25, -0.2) is 0 Å². The fraction of sp³-hybridized carbons (Fsp3) is 0.625. The van der Waals surface area contributed by atoms with Crippen molar-refractivity contribution in [2.24, 2.45) is 5.16 Å². The van der Waals surface area contributed by atoms with E-state index in [1.807, 2.05) is 0 Å². The maximum atomic E-state index is 5.29. The lowest BCUT2D eigenvalue weighted by Crippen LogP contribution is -2.23. The van der Waals surface area contributed by atoms with E-state index in [0.717, 1.165) is 25.7 Å². The molecule has 1 aliphatic rings. The molecule has 0 saturated heterocycles. The summed E-state index contributed by atoms with van der Waals surface area (Å²) < 4.78 is 0.